The zero-order valence-electron chi connectivity index (χ0n) is 13.7. The van der Waals surface area contributed by atoms with Crippen LogP contribution in [-0.2, 0) is 14.3 Å². The molecule has 4 saturated carbocycles. The molecule has 2 N–H and O–H groups in total. The molecule has 6 heteroatoms. The predicted octanol–water partition coefficient (Wildman–Crippen LogP) is 1.98. The highest BCUT2D eigenvalue weighted by molar-refractivity contribution is 5.95. The molecule has 4 aliphatic rings. The highest BCUT2D eigenvalue weighted by Gasteiger charge is 2.51. The summed E-state index contributed by atoms with van der Waals surface area (Å²) in [4.78, 5) is 34.9. The van der Waals surface area contributed by atoms with Crippen molar-refractivity contribution in [3.63, 3.8) is 0 Å². The molecule has 0 heterocycles. The molecule has 4 aliphatic carbocycles. The molecule has 0 spiro atoms. The number of amides is 3. The van der Waals surface area contributed by atoms with Gasteiger partial charge < -0.3 is 10.1 Å². The molecule has 0 radical (unpaired) electrons. The molecule has 128 valence electrons. The molecule has 23 heavy (non-hydrogen) atoms. The Morgan fingerprint density at radius 1 is 1.04 bits per heavy atom. The van der Waals surface area contributed by atoms with E-state index < -0.39 is 11.9 Å². The van der Waals surface area contributed by atoms with E-state index in [-0.39, 0.29) is 18.0 Å². The number of hydrogen-bond donors (Lipinski definition) is 2. The Hall–Kier alpha value is -1.59. The number of urea groups is 1. The van der Waals surface area contributed by atoms with Gasteiger partial charge in [-0.3, -0.25) is 14.9 Å². The minimum absolute atomic E-state index is 0.113. The van der Waals surface area contributed by atoms with Crippen LogP contribution in [0.15, 0.2) is 0 Å². The van der Waals surface area contributed by atoms with Crippen LogP contribution >= 0.6 is 0 Å². The van der Waals surface area contributed by atoms with Gasteiger partial charge in [-0.1, -0.05) is 0 Å². The predicted molar refractivity (Wildman–Crippen MR) is 83.4 cm³/mol. The highest BCUT2D eigenvalue weighted by atomic mass is 16.5. The van der Waals surface area contributed by atoms with Gasteiger partial charge in [-0.05, 0) is 68.6 Å². The molecule has 3 amide bonds. The topological polar surface area (TPSA) is 84.5 Å². The summed E-state index contributed by atoms with van der Waals surface area (Å²) in [7, 11) is 0. The first-order chi connectivity index (χ1) is 11.0. The monoisotopic (exact) mass is 322 g/mol. The Labute approximate surface area is 136 Å². The van der Waals surface area contributed by atoms with E-state index in [9.17, 15) is 14.4 Å². The average molecular weight is 322 g/mol. The number of imide groups is 1. The van der Waals surface area contributed by atoms with Crippen LogP contribution in [0.5, 0.6) is 0 Å². The first kappa shape index (κ1) is 16.3. The van der Waals surface area contributed by atoms with E-state index in [1.54, 1.807) is 6.92 Å². The van der Waals surface area contributed by atoms with E-state index in [0.29, 0.717) is 13.0 Å². The van der Waals surface area contributed by atoms with Gasteiger partial charge in [0.15, 0.2) is 6.61 Å². The molecular formula is C17H26N2O4. The Bertz CT molecular complexity index is 468. The SMILES string of the molecule is CCNC(=O)NC(=O)COC(=O)CC12CC3CC(CC(C3)C1)C2. The summed E-state index contributed by atoms with van der Waals surface area (Å²) in [5.41, 5.74) is 0.113. The summed E-state index contributed by atoms with van der Waals surface area (Å²) in [6.45, 7) is 1.81. The summed E-state index contributed by atoms with van der Waals surface area (Å²) < 4.78 is 5.09. The molecule has 4 bridgehead atoms. The zero-order valence-corrected chi connectivity index (χ0v) is 13.7. The minimum Gasteiger partial charge on any atom is -0.456 e. The number of hydrogen-bond acceptors (Lipinski definition) is 4. The van der Waals surface area contributed by atoms with E-state index in [4.69, 9.17) is 4.74 Å². The third-order valence-electron chi connectivity index (χ3n) is 5.64. The minimum atomic E-state index is -0.588. The maximum Gasteiger partial charge on any atom is 0.321 e. The fourth-order valence-electron chi connectivity index (χ4n) is 5.38. The standard InChI is InChI=1S/C17H26N2O4/c1-2-18-16(22)19-14(20)10-23-15(21)9-17-6-11-3-12(7-17)5-13(4-11)8-17/h11-13H,2-10H2,1H3,(H2,18,19,20,22). The van der Waals surface area contributed by atoms with Crippen molar-refractivity contribution in [1.29, 1.82) is 0 Å². The van der Waals surface area contributed by atoms with Gasteiger partial charge >= 0.3 is 12.0 Å². The molecule has 4 fully saturated rings. The van der Waals surface area contributed by atoms with Gasteiger partial charge in [0.05, 0.1) is 6.42 Å². The molecule has 6 nitrogen and oxygen atoms in total. The number of ether oxygens (including phenoxy) is 1. The summed E-state index contributed by atoms with van der Waals surface area (Å²) in [5.74, 6) is 1.47. The molecule has 0 atom stereocenters. The van der Waals surface area contributed by atoms with Crippen molar-refractivity contribution in [3.8, 4) is 0 Å². The summed E-state index contributed by atoms with van der Waals surface area (Å²) >= 11 is 0. The summed E-state index contributed by atoms with van der Waals surface area (Å²) in [6.07, 6.45) is 7.85. The number of rotatable bonds is 5. The van der Waals surface area contributed by atoms with E-state index in [2.05, 4.69) is 10.6 Å². The third-order valence-corrected chi connectivity index (χ3v) is 5.64. The van der Waals surface area contributed by atoms with Crippen LogP contribution < -0.4 is 10.6 Å². The summed E-state index contributed by atoms with van der Waals surface area (Å²) in [5, 5.41) is 4.59. The molecule has 0 unspecified atom stereocenters. The molecule has 0 aromatic rings. The number of carbonyl (C=O) groups excluding carboxylic acids is 3. The largest absolute Gasteiger partial charge is 0.456 e. The van der Waals surface area contributed by atoms with Crippen LogP contribution in [0, 0.1) is 23.2 Å². The second-order valence-electron chi connectivity index (χ2n) is 7.66. The quantitative estimate of drug-likeness (QED) is 0.758. The van der Waals surface area contributed by atoms with Gasteiger partial charge in [0, 0.05) is 6.54 Å². The van der Waals surface area contributed by atoms with Gasteiger partial charge in [-0.2, -0.15) is 0 Å². The number of carbonyl (C=O) groups is 3. The van der Waals surface area contributed by atoms with Crippen LogP contribution in [0.25, 0.3) is 0 Å². The van der Waals surface area contributed by atoms with Crippen LogP contribution in [0.4, 0.5) is 4.79 Å². The fraction of sp³-hybridized carbons (Fsp3) is 0.824. The van der Waals surface area contributed by atoms with Gasteiger partial charge in [0.1, 0.15) is 0 Å². The van der Waals surface area contributed by atoms with Crippen molar-refractivity contribution in [2.75, 3.05) is 13.2 Å². The maximum absolute atomic E-state index is 12.1. The summed E-state index contributed by atoms with van der Waals surface area (Å²) in [6, 6.07) is -0.561. The molecule has 4 rings (SSSR count). The van der Waals surface area contributed by atoms with Crippen molar-refractivity contribution in [3.05, 3.63) is 0 Å². The zero-order chi connectivity index (χ0) is 16.4. The Morgan fingerprint density at radius 3 is 2.13 bits per heavy atom. The first-order valence-corrected chi connectivity index (χ1v) is 8.71. The van der Waals surface area contributed by atoms with Gasteiger partial charge in [0.2, 0.25) is 0 Å². The Kier molecular flexibility index (Phi) is 4.60. The van der Waals surface area contributed by atoms with Crippen molar-refractivity contribution >= 4 is 17.9 Å². The first-order valence-electron chi connectivity index (χ1n) is 8.71. The van der Waals surface area contributed by atoms with Gasteiger partial charge in [-0.15, -0.1) is 0 Å². The fourth-order valence-corrected chi connectivity index (χ4v) is 5.38. The van der Waals surface area contributed by atoms with Crippen molar-refractivity contribution in [2.24, 2.45) is 23.2 Å². The van der Waals surface area contributed by atoms with E-state index >= 15 is 0 Å². The number of esters is 1. The molecule has 0 aromatic carbocycles. The lowest BCUT2D eigenvalue weighted by molar-refractivity contribution is -0.155. The van der Waals surface area contributed by atoms with Gasteiger partial charge in [0.25, 0.3) is 5.91 Å². The average Bonchev–Trinajstić information content (AvgIpc) is 2.43. The molecular weight excluding hydrogens is 296 g/mol. The third kappa shape index (κ3) is 3.85. The van der Waals surface area contributed by atoms with Crippen LogP contribution in [0.1, 0.15) is 51.9 Å². The Morgan fingerprint density at radius 2 is 1.61 bits per heavy atom. The molecule has 0 saturated heterocycles. The van der Waals surface area contributed by atoms with E-state index in [1.807, 2.05) is 0 Å². The van der Waals surface area contributed by atoms with E-state index in [0.717, 1.165) is 37.0 Å². The van der Waals surface area contributed by atoms with Crippen molar-refractivity contribution in [2.45, 2.75) is 51.9 Å². The smallest absolute Gasteiger partial charge is 0.321 e. The maximum atomic E-state index is 12.1. The molecule has 0 aromatic heterocycles. The lowest BCUT2D eigenvalue weighted by atomic mass is 9.49. The number of nitrogens with one attached hydrogen (secondary N) is 2. The highest BCUT2D eigenvalue weighted by Crippen LogP contribution is 2.61. The van der Waals surface area contributed by atoms with E-state index in [1.165, 1.54) is 19.3 Å². The Balaban J connectivity index is 1.45. The second kappa shape index (κ2) is 6.49. The lowest BCUT2D eigenvalue weighted by Crippen LogP contribution is -2.47. The lowest BCUT2D eigenvalue weighted by Gasteiger charge is -2.56. The van der Waals surface area contributed by atoms with Crippen LogP contribution in [0.2, 0.25) is 0 Å². The van der Waals surface area contributed by atoms with Gasteiger partial charge in [-0.25, -0.2) is 4.79 Å². The second-order valence-corrected chi connectivity index (χ2v) is 7.66. The normalized spacial score (nSPS) is 34.0. The van der Waals surface area contributed by atoms with Crippen LogP contribution in [0.3, 0.4) is 0 Å². The van der Waals surface area contributed by atoms with Crippen LogP contribution in [-0.4, -0.2) is 31.1 Å². The molecule has 0 aliphatic heterocycles. The van der Waals surface area contributed by atoms with Crippen molar-refractivity contribution in [1.82, 2.24) is 10.6 Å². The van der Waals surface area contributed by atoms with Crippen molar-refractivity contribution < 1.29 is 19.1 Å².